The van der Waals surface area contributed by atoms with Gasteiger partial charge in [0.25, 0.3) is 13.4 Å². The molecule has 0 amide bonds. The van der Waals surface area contributed by atoms with Gasteiger partial charge in [-0.1, -0.05) is 119 Å². The predicted molar refractivity (Wildman–Crippen MR) is 309 cm³/mol. The minimum absolute atomic E-state index is 0.0109. The predicted octanol–water partition coefficient (Wildman–Crippen LogP) is 14.6. The zero-order valence-electron chi connectivity index (χ0n) is 45.8. The number of hydrogen-bond donors (Lipinski definition) is 0. The Labute approximate surface area is 432 Å². The molecule has 7 aromatic carbocycles. The van der Waals surface area contributed by atoms with Crippen molar-refractivity contribution in [1.82, 2.24) is 0 Å². The van der Waals surface area contributed by atoms with Gasteiger partial charge in [-0.25, -0.2) is 0 Å². The first kappa shape index (κ1) is 41.4. The molecule has 6 heterocycles. The van der Waals surface area contributed by atoms with Gasteiger partial charge < -0.3 is 19.3 Å². The highest BCUT2D eigenvalue weighted by Gasteiger charge is 2.50. The van der Waals surface area contributed by atoms with Crippen LogP contribution in [0.5, 0.6) is 23.0 Å². The lowest BCUT2D eigenvalue weighted by molar-refractivity contribution is 0.468. The van der Waals surface area contributed by atoms with Gasteiger partial charge in [-0.2, -0.15) is 0 Å². The molecule has 4 aliphatic heterocycles. The molecule has 0 bridgehead atoms. The van der Waals surface area contributed by atoms with E-state index in [0.717, 1.165) is 72.7 Å². The van der Waals surface area contributed by atoms with E-state index in [1.54, 1.807) is 6.07 Å². The first-order chi connectivity index (χ1) is 34.9. The monoisotopic (exact) mass is 965 g/mol. The number of anilines is 6. The van der Waals surface area contributed by atoms with Gasteiger partial charge in [0, 0.05) is 62.0 Å². The molecule has 0 saturated heterocycles. The normalized spacial score (nSPS) is 15.3. The van der Waals surface area contributed by atoms with Crippen molar-refractivity contribution in [2.75, 3.05) is 9.80 Å². The third-order valence-corrected chi connectivity index (χ3v) is 18.0. The van der Waals surface area contributed by atoms with Gasteiger partial charge in [0.2, 0.25) is 0 Å². The van der Waals surface area contributed by atoms with Crippen molar-refractivity contribution < 1.29 is 13.6 Å². The van der Waals surface area contributed by atoms with E-state index >= 15 is 0 Å². The summed E-state index contributed by atoms with van der Waals surface area (Å²) in [5.74, 6) is 3.26. The van der Waals surface area contributed by atoms with E-state index in [4.69, 9.17) is 13.6 Å². The summed E-state index contributed by atoms with van der Waals surface area (Å²) in [7, 11) is 0. The zero-order chi connectivity index (χ0) is 51.9. The van der Waals surface area contributed by atoms with Crippen molar-refractivity contribution in [3.05, 3.63) is 155 Å². The molecule has 0 radical (unpaired) electrons. The first-order valence-corrected chi connectivity index (χ1v) is 26.9. The van der Waals surface area contributed by atoms with Gasteiger partial charge in [-0.3, -0.25) is 0 Å². The number of fused-ring (bicyclic) bond motifs is 13. The van der Waals surface area contributed by atoms with Crippen molar-refractivity contribution >= 4 is 122 Å². The van der Waals surface area contributed by atoms with Crippen molar-refractivity contribution in [2.45, 2.75) is 112 Å². The molecule has 0 unspecified atom stereocenters. The smallest absolute Gasteiger partial charge is 0.273 e. The van der Waals surface area contributed by atoms with Crippen LogP contribution in [0, 0.1) is 13.8 Å². The Hall–Kier alpha value is -6.21. The van der Waals surface area contributed by atoms with Crippen LogP contribution in [0.4, 0.5) is 34.1 Å². The van der Waals surface area contributed by atoms with Crippen LogP contribution in [0.15, 0.2) is 121 Å². The second-order valence-electron chi connectivity index (χ2n) is 23.8. The molecule has 4 aliphatic rings. The maximum atomic E-state index is 8.82. The molecule has 0 N–H and O–H groups in total. The third kappa shape index (κ3) is 6.69. The van der Waals surface area contributed by atoms with E-state index in [1.165, 1.54) is 52.3 Å². The van der Waals surface area contributed by atoms with E-state index in [0.29, 0.717) is 17.4 Å². The topological polar surface area (TPSA) is 24.9 Å². The van der Waals surface area contributed by atoms with Gasteiger partial charge >= 0.3 is 0 Å². The Morgan fingerprint density at radius 1 is 0.507 bits per heavy atom. The fourth-order valence-electron chi connectivity index (χ4n) is 11.7. The summed E-state index contributed by atoms with van der Waals surface area (Å²) < 4.78 is 46.1. The minimum atomic E-state index is -2.38. The molecule has 4 nitrogen and oxygen atoms in total. The standard InChI is InChI=1S/C63H60B2N2O2S2/c1-34(2)37-14-20-41(21-15-37)66-47-29-35(3)30-49-54(47)65(60-57(66)44-33-40(63(11,12)13)19-27-52(44)71-60)55-48(68-49)25-24-45-58(55)69-50-31-36(4)28-46-53(50)64(45)59-56(43-32-39(62(8,9)10)18-26-51(43)70-59)67(46)42-22-16-38(17-23-42)61(5,6)7/h14-34H,1-13H3/i3D3. The Bertz CT molecular complexity index is 3850. The molecule has 0 aliphatic carbocycles. The number of nitrogens with zero attached hydrogens (tertiary/aromatic N) is 2. The van der Waals surface area contributed by atoms with Crippen molar-refractivity contribution in [1.29, 1.82) is 0 Å². The van der Waals surface area contributed by atoms with Gasteiger partial charge in [0.1, 0.15) is 23.0 Å². The van der Waals surface area contributed by atoms with Crippen LogP contribution >= 0.6 is 22.7 Å². The molecular weight excluding hydrogens is 902 g/mol. The lowest BCUT2D eigenvalue weighted by Gasteiger charge is -2.42. The first-order valence-electron chi connectivity index (χ1n) is 26.7. The Morgan fingerprint density at radius 3 is 1.55 bits per heavy atom. The zero-order valence-corrected chi connectivity index (χ0v) is 44.4. The fourth-order valence-corrected chi connectivity index (χ4v) is 14.3. The van der Waals surface area contributed by atoms with E-state index in [1.807, 2.05) is 28.7 Å². The molecule has 0 saturated carbocycles. The molecule has 13 rings (SSSR count). The van der Waals surface area contributed by atoms with Crippen LogP contribution in [-0.4, -0.2) is 13.4 Å². The second kappa shape index (κ2) is 15.2. The number of thiophene rings is 2. The van der Waals surface area contributed by atoms with Crippen molar-refractivity contribution in [3.8, 4) is 23.0 Å². The summed E-state index contributed by atoms with van der Waals surface area (Å²) in [6.07, 6.45) is 0. The molecule has 71 heavy (non-hydrogen) atoms. The largest absolute Gasteiger partial charge is 0.459 e. The second-order valence-corrected chi connectivity index (χ2v) is 26.0. The molecular formula is C63H60B2N2O2S2. The highest BCUT2D eigenvalue weighted by molar-refractivity contribution is 7.34. The molecule has 0 atom stereocenters. The molecule has 9 aromatic rings. The molecule has 8 heteroatoms. The number of benzene rings is 7. The van der Waals surface area contributed by atoms with Gasteiger partial charge in [0.15, 0.2) is 0 Å². The van der Waals surface area contributed by atoms with Crippen LogP contribution in [0.25, 0.3) is 20.2 Å². The highest BCUT2D eigenvalue weighted by atomic mass is 32.1. The Morgan fingerprint density at radius 2 is 1.00 bits per heavy atom. The van der Waals surface area contributed by atoms with Crippen molar-refractivity contribution in [2.24, 2.45) is 0 Å². The minimum Gasteiger partial charge on any atom is -0.459 e. The molecule has 352 valence electrons. The molecule has 2 aromatic heterocycles. The fraction of sp³-hybridized carbons (Fsp3) is 0.270. The van der Waals surface area contributed by atoms with Gasteiger partial charge in [0.05, 0.1) is 11.4 Å². The number of hydrogen-bond acceptors (Lipinski definition) is 6. The SMILES string of the molecule is [2H]C([2H])([2H])c1cc2c3c(c1)N(c1ccc(C(C)C)cc1)c1c(sc4ccc(C(C)(C)C)cc14)B3c1c(ccc3c1Oc1cc(C)cc4c1B3c1sc3ccc(C(C)(C)C)cc3c1N4c1ccc(C(C)(C)C)cc1)O2. The summed E-state index contributed by atoms with van der Waals surface area (Å²) in [5, 5.41) is 2.40. The van der Waals surface area contributed by atoms with E-state index in [9.17, 15) is 0 Å². The van der Waals surface area contributed by atoms with Crippen LogP contribution < -0.4 is 50.7 Å². The Kier molecular flexibility index (Phi) is 8.84. The average molecular weight is 966 g/mol. The van der Waals surface area contributed by atoms with Crippen LogP contribution in [0.1, 0.15) is 120 Å². The number of ether oxygens (including phenoxy) is 2. The average Bonchev–Trinajstić information content (AvgIpc) is 3.91. The summed E-state index contributed by atoms with van der Waals surface area (Å²) in [6, 6.07) is 44.6. The molecule has 0 fully saturated rings. The summed E-state index contributed by atoms with van der Waals surface area (Å²) in [4.78, 5) is 4.83. The summed E-state index contributed by atoms with van der Waals surface area (Å²) in [6.45, 7) is 24.3. The number of aryl methyl sites for hydroxylation is 2. The summed E-state index contributed by atoms with van der Waals surface area (Å²) >= 11 is 3.71. The number of rotatable bonds is 3. The molecule has 0 spiro atoms. The van der Waals surface area contributed by atoms with E-state index < -0.39 is 6.85 Å². The van der Waals surface area contributed by atoms with Gasteiger partial charge in [-0.15, -0.1) is 22.7 Å². The van der Waals surface area contributed by atoms with E-state index in [2.05, 4.69) is 202 Å². The lowest BCUT2D eigenvalue weighted by Crippen LogP contribution is -2.63. The van der Waals surface area contributed by atoms with E-state index in [-0.39, 0.29) is 35.2 Å². The maximum absolute atomic E-state index is 8.82. The third-order valence-electron chi connectivity index (χ3n) is 15.6. The lowest BCUT2D eigenvalue weighted by atomic mass is 9.33. The van der Waals surface area contributed by atoms with Gasteiger partial charge in [-0.05, 0) is 165 Å². The van der Waals surface area contributed by atoms with Crippen LogP contribution in [-0.2, 0) is 16.2 Å². The summed E-state index contributed by atoms with van der Waals surface area (Å²) in [5.41, 5.74) is 16.8. The highest BCUT2D eigenvalue weighted by Crippen LogP contribution is 2.51. The van der Waals surface area contributed by atoms with Crippen LogP contribution in [0.3, 0.4) is 0 Å². The maximum Gasteiger partial charge on any atom is 0.273 e. The van der Waals surface area contributed by atoms with Crippen molar-refractivity contribution in [3.63, 3.8) is 0 Å². The Balaban J connectivity index is 1.09. The van der Waals surface area contributed by atoms with Crippen LogP contribution in [0.2, 0.25) is 0 Å². The quantitative estimate of drug-likeness (QED) is 0.165.